The number of nitrogens with one attached hydrogen (secondary N) is 2. The third kappa shape index (κ3) is 4.17. The number of carbonyl (C=O) groups is 4. The molecule has 10 nitrogen and oxygen atoms in total. The summed E-state index contributed by atoms with van der Waals surface area (Å²) in [7, 11) is 0. The predicted molar refractivity (Wildman–Crippen MR) is 62.5 cm³/mol. The summed E-state index contributed by atoms with van der Waals surface area (Å²) >= 11 is 0. The Balaban J connectivity index is 2.31. The van der Waals surface area contributed by atoms with Gasteiger partial charge in [-0.2, -0.15) is 0 Å². The molecule has 1 saturated heterocycles. The van der Waals surface area contributed by atoms with E-state index in [1.165, 1.54) is 6.92 Å². The molecule has 0 aliphatic carbocycles. The molecule has 1 aliphatic heterocycles. The second kappa shape index (κ2) is 6.30. The van der Waals surface area contributed by atoms with E-state index in [-0.39, 0.29) is 6.54 Å². The molecule has 6 N–H and O–H groups in total. The minimum atomic E-state index is -1.25. The highest BCUT2D eigenvalue weighted by Crippen LogP contribution is 2.21. The smallest absolute Gasteiger partial charge is 0.336 e. The third-order valence-corrected chi connectivity index (χ3v) is 2.56. The number of hydrogen-bond donors (Lipinski definition) is 5. The van der Waals surface area contributed by atoms with Crippen LogP contribution >= 0.6 is 0 Å². The molecule has 4 atom stereocenters. The number of carbonyl (C=O) groups excluding carboxylic acids is 2. The molecular weight excluding hydrogens is 274 g/mol. The Kier molecular flexibility index (Phi) is 5.00. The maximum Gasteiger partial charge on any atom is 0.336 e. The van der Waals surface area contributed by atoms with E-state index in [4.69, 9.17) is 15.9 Å². The highest BCUT2D eigenvalue weighted by molar-refractivity contribution is 5.92. The van der Waals surface area contributed by atoms with E-state index in [0.717, 1.165) is 0 Å². The van der Waals surface area contributed by atoms with Crippen LogP contribution in [0.4, 0.5) is 0 Å². The molecule has 112 valence electrons. The number of carboxylic acid groups (broad SMARTS) is 2. The van der Waals surface area contributed by atoms with Gasteiger partial charge in [-0.15, -0.1) is 0 Å². The van der Waals surface area contributed by atoms with E-state index in [1.807, 2.05) is 0 Å². The average Bonchev–Trinajstić information content (AvgIpc) is 3.15. The van der Waals surface area contributed by atoms with Crippen LogP contribution in [0.1, 0.15) is 6.92 Å². The molecule has 0 radical (unpaired) electrons. The van der Waals surface area contributed by atoms with Crippen molar-refractivity contribution in [1.82, 2.24) is 10.6 Å². The molecule has 0 saturated carbocycles. The molecule has 1 aliphatic rings. The maximum absolute atomic E-state index is 11.5. The van der Waals surface area contributed by atoms with Crippen LogP contribution in [0.15, 0.2) is 0 Å². The lowest BCUT2D eigenvalue weighted by Crippen LogP contribution is -2.52. The summed E-state index contributed by atoms with van der Waals surface area (Å²) in [6.07, 6.45) is -2.26. The van der Waals surface area contributed by atoms with E-state index in [0.29, 0.717) is 0 Å². The fourth-order valence-electron chi connectivity index (χ4n) is 1.29. The summed E-state index contributed by atoms with van der Waals surface area (Å²) in [5, 5.41) is 21.5. The zero-order chi connectivity index (χ0) is 15.4. The molecule has 1 heterocycles. The van der Waals surface area contributed by atoms with Crippen molar-refractivity contribution < 1.29 is 34.1 Å². The Morgan fingerprint density at radius 1 is 1.25 bits per heavy atom. The van der Waals surface area contributed by atoms with Gasteiger partial charge in [0.05, 0.1) is 0 Å². The van der Waals surface area contributed by atoms with Crippen molar-refractivity contribution in [3.05, 3.63) is 0 Å². The Morgan fingerprint density at radius 2 is 1.85 bits per heavy atom. The summed E-state index contributed by atoms with van der Waals surface area (Å²) in [6, 6.07) is -2.25. The van der Waals surface area contributed by atoms with Crippen molar-refractivity contribution in [1.29, 1.82) is 0 Å². The Bertz CT molecular complexity index is 439. The van der Waals surface area contributed by atoms with Crippen molar-refractivity contribution in [2.45, 2.75) is 31.2 Å². The van der Waals surface area contributed by atoms with Gasteiger partial charge < -0.3 is 31.3 Å². The quantitative estimate of drug-likeness (QED) is 0.306. The van der Waals surface area contributed by atoms with Gasteiger partial charge in [0.1, 0.15) is 12.1 Å². The van der Waals surface area contributed by atoms with Gasteiger partial charge in [-0.05, 0) is 6.92 Å². The molecule has 0 spiro atoms. The van der Waals surface area contributed by atoms with Crippen molar-refractivity contribution >= 4 is 23.8 Å². The summed E-state index contributed by atoms with van der Waals surface area (Å²) in [4.78, 5) is 43.8. The number of ether oxygens (including phenoxy) is 1. The normalized spacial score (nSPS) is 23.3. The highest BCUT2D eigenvalue weighted by Gasteiger charge is 2.50. The zero-order valence-electron chi connectivity index (χ0n) is 10.5. The summed E-state index contributed by atoms with van der Waals surface area (Å²) in [5.74, 6) is -3.90. The topological polar surface area (TPSA) is 171 Å². The Labute approximate surface area is 113 Å². The van der Waals surface area contributed by atoms with Crippen molar-refractivity contribution in [2.75, 3.05) is 6.54 Å². The Hall–Kier alpha value is -2.20. The molecule has 0 aromatic rings. The molecule has 0 aromatic carbocycles. The average molecular weight is 289 g/mol. The molecule has 10 heteroatoms. The van der Waals surface area contributed by atoms with Gasteiger partial charge in [-0.3, -0.25) is 14.4 Å². The van der Waals surface area contributed by atoms with Crippen LogP contribution in [0.2, 0.25) is 0 Å². The maximum atomic E-state index is 11.5. The second-order valence-electron chi connectivity index (χ2n) is 4.24. The third-order valence-electron chi connectivity index (χ3n) is 2.56. The van der Waals surface area contributed by atoms with E-state index < -0.39 is 48.0 Å². The number of amides is 2. The van der Waals surface area contributed by atoms with Crippen molar-refractivity contribution in [3.63, 3.8) is 0 Å². The first-order chi connectivity index (χ1) is 9.23. The first-order valence-electron chi connectivity index (χ1n) is 5.68. The van der Waals surface area contributed by atoms with Crippen LogP contribution in [-0.2, 0) is 23.9 Å². The number of aliphatic carboxylic acids is 2. The summed E-state index contributed by atoms with van der Waals surface area (Å²) in [5.41, 5.74) is 5.45. The number of epoxide rings is 1. The molecule has 2 amide bonds. The van der Waals surface area contributed by atoms with Crippen LogP contribution in [0.25, 0.3) is 0 Å². The monoisotopic (exact) mass is 289 g/mol. The van der Waals surface area contributed by atoms with E-state index >= 15 is 0 Å². The van der Waals surface area contributed by atoms with E-state index in [9.17, 15) is 19.2 Å². The molecule has 1 fully saturated rings. The van der Waals surface area contributed by atoms with Gasteiger partial charge >= 0.3 is 11.9 Å². The van der Waals surface area contributed by atoms with Crippen LogP contribution in [0.3, 0.4) is 0 Å². The first kappa shape index (κ1) is 15.9. The van der Waals surface area contributed by atoms with Gasteiger partial charge in [-0.1, -0.05) is 0 Å². The lowest BCUT2D eigenvalue weighted by Gasteiger charge is -2.15. The molecule has 2 unspecified atom stereocenters. The lowest BCUT2D eigenvalue weighted by molar-refractivity contribution is -0.141. The summed E-state index contributed by atoms with van der Waals surface area (Å²) in [6.45, 7) is 1.00. The lowest BCUT2D eigenvalue weighted by atomic mass is 10.2. The molecule has 20 heavy (non-hydrogen) atoms. The molecule has 0 bridgehead atoms. The van der Waals surface area contributed by atoms with Gasteiger partial charge in [0.25, 0.3) is 5.91 Å². The number of hydrogen-bond acceptors (Lipinski definition) is 6. The second-order valence-corrected chi connectivity index (χ2v) is 4.24. The highest BCUT2D eigenvalue weighted by atomic mass is 16.6. The number of carboxylic acids is 2. The number of rotatable bonds is 7. The van der Waals surface area contributed by atoms with Crippen LogP contribution < -0.4 is 16.4 Å². The van der Waals surface area contributed by atoms with Crippen LogP contribution in [0, 0.1) is 0 Å². The van der Waals surface area contributed by atoms with E-state index in [1.54, 1.807) is 0 Å². The van der Waals surface area contributed by atoms with Gasteiger partial charge in [0, 0.05) is 6.54 Å². The van der Waals surface area contributed by atoms with E-state index in [2.05, 4.69) is 15.4 Å². The standard InChI is InChI=1S/C10H15N3O7/c1-3(9(16)17)13-7(14)4(11)2-12-8(15)5-6(20-5)10(18)19/h3-6H,2,11H2,1H3,(H,12,15)(H,13,14)(H,16,17)(H,18,19)/t3-,4-,5?,6?/m0/s1. The number of nitrogens with two attached hydrogens (primary N) is 1. The van der Waals surface area contributed by atoms with Gasteiger partial charge in [0.2, 0.25) is 5.91 Å². The molecule has 1 rings (SSSR count). The van der Waals surface area contributed by atoms with Gasteiger partial charge in [0.15, 0.2) is 12.2 Å². The minimum absolute atomic E-state index is 0.261. The summed E-state index contributed by atoms with van der Waals surface area (Å²) < 4.78 is 4.60. The van der Waals surface area contributed by atoms with Crippen LogP contribution in [-0.4, -0.2) is 64.8 Å². The zero-order valence-corrected chi connectivity index (χ0v) is 10.5. The van der Waals surface area contributed by atoms with Crippen LogP contribution in [0.5, 0.6) is 0 Å². The van der Waals surface area contributed by atoms with Gasteiger partial charge in [-0.25, -0.2) is 4.79 Å². The fraction of sp³-hybridized carbons (Fsp3) is 0.600. The minimum Gasteiger partial charge on any atom is -0.480 e. The fourth-order valence-corrected chi connectivity index (χ4v) is 1.29. The molecule has 0 aromatic heterocycles. The molecular formula is C10H15N3O7. The van der Waals surface area contributed by atoms with Crippen molar-refractivity contribution in [3.8, 4) is 0 Å². The predicted octanol–water partition coefficient (Wildman–Crippen LogP) is -3.13. The Morgan fingerprint density at radius 3 is 2.30 bits per heavy atom. The first-order valence-corrected chi connectivity index (χ1v) is 5.68. The largest absolute Gasteiger partial charge is 0.480 e. The van der Waals surface area contributed by atoms with Crippen molar-refractivity contribution in [2.24, 2.45) is 5.73 Å². The SMILES string of the molecule is C[C@H](NC(=O)[C@@H](N)CNC(=O)C1OC1C(=O)O)C(=O)O.